The monoisotopic (exact) mass is 227 g/mol. The SMILES string of the molecule is Cc1nn(CCO)c(N)c1C(=O)NC(N)=O. The van der Waals surface area contributed by atoms with Crippen molar-refractivity contribution in [1.82, 2.24) is 15.1 Å². The van der Waals surface area contributed by atoms with Crippen LogP contribution in [0, 0.1) is 6.92 Å². The number of hydrogen-bond acceptors (Lipinski definition) is 5. The molecule has 8 heteroatoms. The van der Waals surface area contributed by atoms with Crippen molar-refractivity contribution in [3.05, 3.63) is 11.3 Å². The van der Waals surface area contributed by atoms with Crippen molar-refractivity contribution in [2.75, 3.05) is 12.3 Å². The lowest BCUT2D eigenvalue weighted by Gasteiger charge is -2.02. The lowest BCUT2D eigenvalue weighted by atomic mass is 10.2. The van der Waals surface area contributed by atoms with Crippen molar-refractivity contribution in [2.24, 2.45) is 5.73 Å². The van der Waals surface area contributed by atoms with Gasteiger partial charge in [-0.2, -0.15) is 5.10 Å². The minimum Gasteiger partial charge on any atom is -0.394 e. The first-order valence-corrected chi connectivity index (χ1v) is 4.52. The highest BCUT2D eigenvalue weighted by atomic mass is 16.3. The Labute approximate surface area is 91.2 Å². The Morgan fingerprint density at radius 3 is 2.69 bits per heavy atom. The van der Waals surface area contributed by atoms with E-state index in [9.17, 15) is 9.59 Å². The van der Waals surface area contributed by atoms with Crippen molar-refractivity contribution in [3.63, 3.8) is 0 Å². The highest BCUT2D eigenvalue weighted by Crippen LogP contribution is 2.15. The molecule has 16 heavy (non-hydrogen) atoms. The van der Waals surface area contributed by atoms with Gasteiger partial charge in [0, 0.05) is 0 Å². The molecule has 0 spiro atoms. The molecule has 8 nitrogen and oxygen atoms in total. The van der Waals surface area contributed by atoms with Crippen LogP contribution in [0.3, 0.4) is 0 Å². The number of aliphatic hydroxyl groups excluding tert-OH is 1. The fourth-order valence-corrected chi connectivity index (χ4v) is 1.32. The minimum absolute atomic E-state index is 0.0882. The zero-order chi connectivity index (χ0) is 12.3. The number of urea groups is 1. The molecule has 0 aliphatic heterocycles. The maximum absolute atomic E-state index is 11.5. The predicted octanol–water partition coefficient (Wildman–Crippen LogP) is -1.43. The molecular formula is C8H13N5O3. The van der Waals surface area contributed by atoms with E-state index in [2.05, 4.69) is 5.10 Å². The standard InChI is InChI=1S/C8H13N5O3/c1-4-5(7(15)11-8(10)16)6(9)13(12-4)2-3-14/h14H,2-3,9H2,1H3,(H3,10,11,15,16). The van der Waals surface area contributed by atoms with E-state index in [1.165, 1.54) is 4.68 Å². The first-order chi connectivity index (χ1) is 7.47. The number of nitrogens with zero attached hydrogens (tertiary/aromatic N) is 2. The number of aliphatic hydroxyl groups is 1. The second-order valence-corrected chi connectivity index (χ2v) is 3.11. The van der Waals surface area contributed by atoms with Gasteiger partial charge in [-0.05, 0) is 6.92 Å². The molecule has 0 bridgehead atoms. The van der Waals surface area contributed by atoms with Crippen molar-refractivity contribution >= 4 is 17.8 Å². The van der Waals surface area contributed by atoms with Crippen LogP contribution in [0.15, 0.2) is 0 Å². The first-order valence-electron chi connectivity index (χ1n) is 4.52. The van der Waals surface area contributed by atoms with Gasteiger partial charge in [-0.1, -0.05) is 0 Å². The van der Waals surface area contributed by atoms with Crippen LogP contribution in [0.25, 0.3) is 0 Å². The van der Waals surface area contributed by atoms with Gasteiger partial charge in [0.2, 0.25) is 0 Å². The molecule has 0 saturated carbocycles. The summed E-state index contributed by atoms with van der Waals surface area (Å²) in [6, 6.07) is -0.960. The number of rotatable bonds is 3. The van der Waals surface area contributed by atoms with Gasteiger partial charge >= 0.3 is 6.03 Å². The number of anilines is 1. The Kier molecular flexibility index (Phi) is 3.46. The molecule has 1 aromatic rings. The summed E-state index contributed by atoms with van der Waals surface area (Å²) in [6.45, 7) is 1.60. The quantitative estimate of drug-likeness (QED) is 0.502. The van der Waals surface area contributed by atoms with Gasteiger partial charge in [-0.15, -0.1) is 0 Å². The molecule has 1 rings (SSSR count). The normalized spacial score (nSPS) is 10.1. The van der Waals surface area contributed by atoms with E-state index in [1.807, 2.05) is 5.32 Å². The van der Waals surface area contributed by atoms with Crippen LogP contribution in [-0.4, -0.2) is 33.4 Å². The van der Waals surface area contributed by atoms with Crippen LogP contribution in [0.4, 0.5) is 10.6 Å². The van der Waals surface area contributed by atoms with E-state index < -0.39 is 11.9 Å². The first kappa shape index (κ1) is 12.0. The van der Waals surface area contributed by atoms with Crippen molar-refractivity contribution in [2.45, 2.75) is 13.5 Å². The van der Waals surface area contributed by atoms with Crippen LogP contribution in [0.5, 0.6) is 0 Å². The fraction of sp³-hybridized carbons (Fsp3) is 0.375. The Morgan fingerprint density at radius 1 is 1.56 bits per heavy atom. The topological polar surface area (TPSA) is 136 Å². The lowest BCUT2D eigenvalue weighted by molar-refractivity contribution is 0.0966. The number of nitrogen functional groups attached to an aromatic ring is 1. The largest absolute Gasteiger partial charge is 0.394 e. The molecule has 0 fully saturated rings. The summed E-state index contributed by atoms with van der Waals surface area (Å²) in [5.74, 6) is -0.614. The Bertz CT molecular complexity index is 426. The van der Waals surface area contributed by atoms with E-state index in [0.717, 1.165) is 0 Å². The molecular weight excluding hydrogens is 214 g/mol. The van der Waals surface area contributed by atoms with Crippen LogP contribution in [0.2, 0.25) is 0 Å². The predicted molar refractivity (Wildman–Crippen MR) is 55.5 cm³/mol. The summed E-state index contributed by atoms with van der Waals surface area (Å²) < 4.78 is 1.28. The average Bonchev–Trinajstić information content (AvgIpc) is 2.41. The summed E-state index contributed by atoms with van der Waals surface area (Å²) in [5, 5.41) is 14.6. The van der Waals surface area contributed by atoms with Gasteiger partial charge < -0.3 is 16.6 Å². The number of carbonyl (C=O) groups excluding carboxylic acids is 2. The number of amides is 3. The molecule has 0 aliphatic rings. The second kappa shape index (κ2) is 4.62. The molecule has 6 N–H and O–H groups in total. The molecule has 1 heterocycles. The number of aryl methyl sites for hydroxylation is 1. The van der Waals surface area contributed by atoms with Crippen LogP contribution in [0.1, 0.15) is 16.1 Å². The Morgan fingerprint density at radius 2 is 2.19 bits per heavy atom. The molecule has 1 aromatic heterocycles. The Balaban J connectivity index is 3.04. The van der Waals surface area contributed by atoms with E-state index in [1.54, 1.807) is 6.92 Å². The van der Waals surface area contributed by atoms with Gasteiger partial charge in [0.05, 0.1) is 18.8 Å². The Hall–Kier alpha value is -2.09. The van der Waals surface area contributed by atoms with Gasteiger partial charge in [0.15, 0.2) is 0 Å². The van der Waals surface area contributed by atoms with Gasteiger partial charge in [0.1, 0.15) is 11.4 Å². The van der Waals surface area contributed by atoms with E-state index >= 15 is 0 Å². The third kappa shape index (κ3) is 2.28. The minimum atomic E-state index is -0.960. The zero-order valence-corrected chi connectivity index (χ0v) is 8.73. The fourth-order valence-electron chi connectivity index (χ4n) is 1.32. The molecule has 0 radical (unpaired) electrons. The van der Waals surface area contributed by atoms with Gasteiger partial charge in [-0.3, -0.25) is 10.1 Å². The summed E-state index contributed by atoms with van der Waals surface area (Å²) in [5.41, 5.74) is 10.9. The zero-order valence-electron chi connectivity index (χ0n) is 8.73. The number of primary amides is 1. The number of imide groups is 1. The molecule has 0 saturated heterocycles. The summed E-state index contributed by atoms with van der Waals surface area (Å²) in [7, 11) is 0. The van der Waals surface area contributed by atoms with Crippen molar-refractivity contribution in [1.29, 1.82) is 0 Å². The van der Waals surface area contributed by atoms with Crippen LogP contribution < -0.4 is 16.8 Å². The molecule has 0 atom stereocenters. The average molecular weight is 227 g/mol. The van der Waals surface area contributed by atoms with Gasteiger partial charge in [0.25, 0.3) is 5.91 Å². The third-order valence-electron chi connectivity index (χ3n) is 1.94. The second-order valence-electron chi connectivity index (χ2n) is 3.11. The van der Waals surface area contributed by atoms with Crippen LogP contribution >= 0.6 is 0 Å². The summed E-state index contributed by atoms with van der Waals surface area (Å²) >= 11 is 0. The molecule has 0 unspecified atom stereocenters. The number of carbonyl (C=O) groups is 2. The number of nitrogens with two attached hydrogens (primary N) is 2. The summed E-state index contributed by atoms with van der Waals surface area (Å²) in [6.07, 6.45) is 0. The molecule has 3 amide bonds. The van der Waals surface area contributed by atoms with E-state index in [4.69, 9.17) is 16.6 Å². The third-order valence-corrected chi connectivity index (χ3v) is 1.94. The number of nitrogens with one attached hydrogen (secondary N) is 1. The highest BCUT2D eigenvalue weighted by molar-refractivity contribution is 6.07. The molecule has 88 valence electrons. The number of hydrogen-bond donors (Lipinski definition) is 4. The summed E-state index contributed by atoms with van der Waals surface area (Å²) in [4.78, 5) is 22.0. The van der Waals surface area contributed by atoms with Crippen LogP contribution in [-0.2, 0) is 6.54 Å². The van der Waals surface area contributed by atoms with E-state index in [0.29, 0.717) is 5.69 Å². The molecule has 0 aromatic carbocycles. The highest BCUT2D eigenvalue weighted by Gasteiger charge is 2.20. The number of aromatic nitrogens is 2. The smallest absolute Gasteiger partial charge is 0.319 e. The molecule has 0 aliphatic carbocycles. The van der Waals surface area contributed by atoms with Crippen molar-refractivity contribution in [3.8, 4) is 0 Å². The van der Waals surface area contributed by atoms with Crippen molar-refractivity contribution < 1.29 is 14.7 Å². The maximum atomic E-state index is 11.5. The lowest BCUT2D eigenvalue weighted by Crippen LogP contribution is -2.35. The van der Waals surface area contributed by atoms with Gasteiger partial charge in [-0.25, -0.2) is 9.48 Å². The van der Waals surface area contributed by atoms with E-state index in [-0.39, 0.29) is 24.5 Å². The maximum Gasteiger partial charge on any atom is 0.319 e.